The Hall–Kier alpha value is -0.0262. The van der Waals surface area contributed by atoms with Crippen LogP contribution in [0, 0.1) is 0 Å². The molecule has 0 amide bonds. The van der Waals surface area contributed by atoms with Crippen LogP contribution in [0.5, 0.6) is 0 Å². The number of rotatable bonds is 4. The lowest BCUT2D eigenvalue weighted by atomic mass is 10.2. The Kier molecular flexibility index (Phi) is 3.85. The third-order valence-corrected chi connectivity index (χ3v) is 20.2. The second-order valence-corrected chi connectivity index (χ2v) is 22.1. The molecule has 1 fully saturated rings. The highest BCUT2D eigenvalue weighted by Gasteiger charge is 2.63. The summed E-state index contributed by atoms with van der Waals surface area (Å²) in [5.74, 6) is 0. The molecule has 1 aromatic heterocycles. The van der Waals surface area contributed by atoms with Gasteiger partial charge in [0.25, 0.3) is 0 Å². The van der Waals surface area contributed by atoms with Gasteiger partial charge < -0.3 is 4.52 Å². The zero-order valence-corrected chi connectivity index (χ0v) is 16.1. The first-order chi connectivity index (χ1) is 8.57. The van der Waals surface area contributed by atoms with Gasteiger partial charge in [0, 0.05) is 6.20 Å². The molecule has 19 heavy (non-hydrogen) atoms. The van der Waals surface area contributed by atoms with E-state index in [9.17, 15) is 0 Å². The van der Waals surface area contributed by atoms with E-state index in [1.54, 1.807) is 0 Å². The molecule has 0 aromatic carbocycles. The van der Waals surface area contributed by atoms with Gasteiger partial charge in [0.1, 0.15) is 0 Å². The molecule has 0 N–H and O–H groups in total. The third-order valence-electron chi connectivity index (χ3n) is 3.68. The van der Waals surface area contributed by atoms with Gasteiger partial charge in [-0.3, -0.25) is 4.98 Å². The van der Waals surface area contributed by atoms with Gasteiger partial charge in [-0.25, -0.2) is 0 Å². The largest absolute Gasteiger partial charge is 0.337 e. The molecular formula is C14H26NOPSi2. The topological polar surface area (TPSA) is 25.4 Å². The molecule has 2 nitrogen and oxygen atoms in total. The fourth-order valence-corrected chi connectivity index (χ4v) is 22.6. The highest BCUT2D eigenvalue weighted by molar-refractivity contribution is 7.67. The van der Waals surface area contributed by atoms with Crippen LogP contribution in [-0.2, 0) is 9.87 Å². The smallest absolute Gasteiger partial charge is 0.154 e. The maximum absolute atomic E-state index is 6.28. The zero-order chi connectivity index (χ0) is 14.5. The van der Waals surface area contributed by atoms with E-state index in [0.717, 1.165) is 10.6 Å². The van der Waals surface area contributed by atoms with Gasteiger partial charge in [0.15, 0.2) is 5.34 Å². The van der Waals surface area contributed by atoms with Crippen molar-refractivity contribution >= 4 is 24.3 Å². The summed E-state index contributed by atoms with van der Waals surface area (Å²) in [7, 11) is -2.76. The van der Waals surface area contributed by atoms with Crippen molar-refractivity contribution in [2.45, 2.75) is 56.5 Å². The van der Waals surface area contributed by atoms with E-state index >= 15 is 0 Å². The summed E-state index contributed by atoms with van der Waals surface area (Å²) in [4.78, 5) is 5.37. The minimum absolute atomic E-state index is 0.0815. The van der Waals surface area contributed by atoms with Crippen LogP contribution in [0.3, 0.4) is 0 Å². The van der Waals surface area contributed by atoms with Gasteiger partial charge in [-0.2, -0.15) is 0 Å². The summed E-state index contributed by atoms with van der Waals surface area (Å²) in [5, 5.41) is -0.0815. The van der Waals surface area contributed by atoms with Crippen LogP contribution < -0.4 is 0 Å². The predicted octanol–water partition coefficient (Wildman–Crippen LogP) is 4.80. The summed E-state index contributed by atoms with van der Waals surface area (Å²) in [6, 6.07) is 6.17. The van der Waals surface area contributed by atoms with Crippen LogP contribution in [0.25, 0.3) is 0 Å². The number of pyridine rings is 1. The van der Waals surface area contributed by atoms with Gasteiger partial charge in [-0.15, -0.1) is 0 Å². The zero-order valence-electron chi connectivity index (χ0n) is 13.2. The van der Waals surface area contributed by atoms with Crippen LogP contribution in [0.1, 0.15) is 12.6 Å². The molecule has 2 heterocycles. The molecule has 2 rings (SSSR count). The van der Waals surface area contributed by atoms with E-state index in [1.807, 2.05) is 12.3 Å². The first-order valence-corrected chi connectivity index (χ1v) is 15.4. The van der Waals surface area contributed by atoms with Crippen LogP contribution in [0.4, 0.5) is 0 Å². The van der Waals surface area contributed by atoms with Crippen molar-refractivity contribution in [1.82, 2.24) is 4.98 Å². The van der Waals surface area contributed by atoms with Crippen molar-refractivity contribution < 1.29 is 4.52 Å². The monoisotopic (exact) mass is 311 g/mol. The molecule has 2 unspecified atom stereocenters. The Labute approximate surface area is 120 Å². The molecule has 0 radical (unpaired) electrons. The molecule has 1 aliphatic heterocycles. The van der Waals surface area contributed by atoms with Crippen molar-refractivity contribution in [3.05, 3.63) is 30.1 Å². The molecular weight excluding hydrogens is 285 g/mol. The minimum Gasteiger partial charge on any atom is -0.337 e. The summed E-state index contributed by atoms with van der Waals surface area (Å²) in [6.45, 7) is 17.2. The number of aromatic nitrogens is 1. The molecule has 0 bridgehead atoms. The first-order valence-electron chi connectivity index (χ1n) is 6.97. The Morgan fingerprint density at radius 2 is 1.68 bits per heavy atom. The average Bonchev–Trinajstić information content (AvgIpc) is 2.88. The normalized spacial score (nSPS) is 27.7. The van der Waals surface area contributed by atoms with Gasteiger partial charge in [0.2, 0.25) is 0 Å². The highest BCUT2D eigenvalue weighted by Crippen LogP contribution is 2.80. The van der Waals surface area contributed by atoms with Gasteiger partial charge in [0.05, 0.1) is 30.0 Å². The van der Waals surface area contributed by atoms with E-state index in [0.29, 0.717) is 0 Å². The molecule has 0 saturated carbocycles. The second kappa shape index (κ2) is 4.76. The van der Waals surface area contributed by atoms with E-state index in [1.165, 1.54) is 0 Å². The molecule has 1 saturated heterocycles. The standard InChI is InChI=1S/C14H26NOPSi2/c1-14(12-10-8-9-11-15-12)16-17(14)13(18(2,3)4)19(5,6)7/h8-11,13H,1-7H3. The molecule has 1 aliphatic rings. The van der Waals surface area contributed by atoms with Crippen molar-refractivity contribution in [3.63, 3.8) is 0 Å². The summed E-state index contributed by atoms with van der Waals surface area (Å²) in [5.41, 5.74) is 1.13. The highest BCUT2D eigenvalue weighted by atomic mass is 31.2. The van der Waals surface area contributed by atoms with Crippen molar-refractivity contribution in [1.29, 1.82) is 0 Å². The lowest BCUT2D eigenvalue weighted by Gasteiger charge is -2.37. The van der Waals surface area contributed by atoms with Crippen LogP contribution >= 0.6 is 8.15 Å². The van der Waals surface area contributed by atoms with Gasteiger partial charge >= 0.3 is 0 Å². The molecule has 0 spiro atoms. The van der Waals surface area contributed by atoms with E-state index in [2.05, 4.69) is 63.3 Å². The molecule has 106 valence electrons. The number of nitrogens with zero attached hydrogens (tertiary/aromatic N) is 1. The van der Waals surface area contributed by atoms with Gasteiger partial charge in [-0.1, -0.05) is 45.3 Å². The van der Waals surface area contributed by atoms with Crippen molar-refractivity contribution in [3.8, 4) is 0 Å². The maximum atomic E-state index is 6.28. The van der Waals surface area contributed by atoms with Crippen LogP contribution in [0.15, 0.2) is 24.4 Å². The van der Waals surface area contributed by atoms with E-state index in [4.69, 9.17) is 4.52 Å². The fourth-order valence-electron chi connectivity index (χ4n) is 3.27. The second-order valence-electron chi connectivity index (χ2n) is 7.75. The maximum Gasteiger partial charge on any atom is 0.154 e. The minimum atomic E-state index is -1.21. The summed E-state index contributed by atoms with van der Waals surface area (Å²) < 4.78 is 6.28. The quantitative estimate of drug-likeness (QED) is 0.453. The summed E-state index contributed by atoms with van der Waals surface area (Å²) in [6.07, 6.45) is 1.88. The van der Waals surface area contributed by atoms with Crippen molar-refractivity contribution in [2.24, 2.45) is 0 Å². The fraction of sp³-hybridized carbons (Fsp3) is 0.643. The predicted molar refractivity (Wildman–Crippen MR) is 90.1 cm³/mol. The SMILES string of the molecule is CC1(c2ccccn2)OP1C([Si](C)(C)C)[Si](C)(C)C. The van der Waals surface area contributed by atoms with Crippen LogP contribution in [-0.4, -0.2) is 26.0 Å². The first kappa shape index (κ1) is 15.4. The third kappa shape index (κ3) is 3.02. The molecule has 2 atom stereocenters. The van der Waals surface area contributed by atoms with Gasteiger partial charge in [-0.05, 0) is 24.0 Å². The number of hydrogen-bond acceptors (Lipinski definition) is 2. The molecule has 0 aliphatic carbocycles. The molecule has 1 aromatic rings. The lowest BCUT2D eigenvalue weighted by molar-refractivity contribution is 0.343. The Balaban J connectivity index is 2.29. The van der Waals surface area contributed by atoms with Crippen LogP contribution in [0.2, 0.25) is 39.3 Å². The Morgan fingerprint density at radius 1 is 1.11 bits per heavy atom. The number of hydrogen-bond donors (Lipinski definition) is 0. The molecule has 5 heteroatoms. The van der Waals surface area contributed by atoms with E-state index < -0.39 is 16.1 Å². The summed E-state index contributed by atoms with van der Waals surface area (Å²) >= 11 is 0. The van der Waals surface area contributed by atoms with E-state index in [-0.39, 0.29) is 13.5 Å². The Morgan fingerprint density at radius 3 is 2.11 bits per heavy atom. The average molecular weight is 312 g/mol. The van der Waals surface area contributed by atoms with Crippen molar-refractivity contribution in [2.75, 3.05) is 0 Å². The lowest BCUT2D eigenvalue weighted by Crippen LogP contribution is -2.51. The Bertz CT molecular complexity index is 441.